The van der Waals surface area contributed by atoms with Gasteiger partial charge in [-0.25, -0.2) is 0 Å². The molecule has 0 atom stereocenters. The van der Waals surface area contributed by atoms with Gasteiger partial charge in [0.1, 0.15) is 28.1 Å². The number of aromatic amines is 1. The van der Waals surface area contributed by atoms with Crippen LogP contribution in [0.25, 0.3) is 44.5 Å². The lowest BCUT2D eigenvalue weighted by Gasteiger charge is -2.31. The number of phenolic OH excluding ortho intramolecular Hbond substituents is 1. The number of likely N-dealkylation sites (tertiary alicyclic amines) is 1. The summed E-state index contributed by atoms with van der Waals surface area (Å²) in [6, 6.07) is 12.6. The minimum absolute atomic E-state index is 0.000572. The summed E-state index contributed by atoms with van der Waals surface area (Å²) in [5.41, 5.74) is 3.39. The maximum Gasteiger partial charge on any atom is 0.306 e. The van der Waals surface area contributed by atoms with Crippen molar-refractivity contribution >= 4 is 33.9 Å². The van der Waals surface area contributed by atoms with Crippen molar-refractivity contribution in [3.05, 3.63) is 64.3 Å². The predicted octanol–water partition coefficient (Wildman–Crippen LogP) is 3.48. The van der Waals surface area contributed by atoms with E-state index in [1.54, 1.807) is 29.2 Å². The molecule has 36 heavy (non-hydrogen) atoms. The van der Waals surface area contributed by atoms with Gasteiger partial charge < -0.3 is 19.5 Å². The number of aromatic nitrogens is 3. The summed E-state index contributed by atoms with van der Waals surface area (Å²) in [5, 5.41) is 31.0. The number of fused-ring (bicyclic) bond motifs is 3. The third-order valence-electron chi connectivity index (χ3n) is 6.76. The molecule has 1 aliphatic carbocycles. The highest BCUT2D eigenvalue weighted by Gasteiger charge is 2.30. The van der Waals surface area contributed by atoms with Crippen LogP contribution in [0, 0.1) is 5.92 Å². The first-order chi connectivity index (χ1) is 17.4. The molecule has 3 aliphatic rings. The summed E-state index contributed by atoms with van der Waals surface area (Å²) < 4.78 is 5.95. The lowest BCUT2D eigenvalue weighted by atomic mass is 9.89. The number of hydrogen-bond donors (Lipinski definition) is 3. The highest BCUT2D eigenvalue weighted by molar-refractivity contribution is 6.11. The number of carboxylic acids is 1. The van der Waals surface area contributed by atoms with E-state index in [1.165, 1.54) is 24.3 Å². The Morgan fingerprint density at radius 2 is 1.72 bits per heavy atom. The molecule has 0 saturated carbocycles. The fourth-order valence-corrected chi connectivity index (χ4v) is 4.92. The molecule has 180 valence electrons. The fraction of sp³-hybridized carbons (Fsp3) is 0.192. The van der Waals surface area contributed by atoms with Crippen LogP contribution in [0.4, 0.5) is 0 Å². The number of aromatic hydroxyl groups is 1. The summed E-state index contributed by atoms with van der Waals surface area (Å²) in [6.45, 7) is 0.649. The van der Waals surface area contributed by atoms with E-state index in [0.29, 0.717) is 75.9 Å². The number of nitrogens with one attached hydrogen (secondary N) is 1. The van der Waals surface area contributed by atoms with Crippen molar-refractivity contribution in [1.82, 2.24) is 20.3 Å². The van der Waals surface area contributed by atoms with E-state index >= 15 is 0 Å². The number of carbonyl (C=O) groups excluding carboxylic acids is 1. The SMILES string of the molecule is O=C(O)C1CCN(C(=O)c2cc3n[nH]nc3cc2-c2c3ccc(=O)cc-3oc3cc(O)ccc23)CC1. The van der Waals surface area contributed by atoms with Crippen LogP contribution in [0.2, 0.25) is 0 Å². The van der Waals surface area contributed by atoms with Gasteiger partial charge in [0.15, 0.2) is 5.43 Å². The molecular formula is C26H20N4O6. The normalized spacial score (nSPS) is 14.6. The fourth-order valence-electron chi connectivity index (χ4n) is 4.92. The molecule has 10 heteroatoms. The molecule has 1 saturated heterocycles. The largest absolute Gasteiger partial charge is 0.508 e. The Hall–Kier alpha value is -4.73. The summed E-state index contributed by atoms with van der Waals surface area (Å²) >= 11 is 0. The molecule has 3 aromatic rings. The number of nitrogens with zero attached hydrogens (tertiary/aromatic N) is 3. The van der Waals surface area contributed by atoms with Crippen molar-refractivity contribution < 1.29 is 24.2 Å². The van der Waals surface area contributed by atoms with Gasteiger partial charge in [-0.15, -0.1) is 0 Å². The Morgan fingerprint density at radius 1 is 0.972 bits per heavy atom. The Kier molecular flexibility index (Phi) is 4.96. The van der Waals surface area contributed by atoms with Gasteiger partial charge in [0.25, 0.3) is 5.91 Å². The van der Waals surface area contributed by atoms with Gasteiger partial charge in [-0.05, 0) is 54.8 Å². The highest BCUT2D eigenvalue weighted by atomic mass is 16.4. The van der Waals surface area contributed by atoms with Gasteiger partial charge in [0.2, 0.25) is 0 Å². The minimum Gasteiger partial charge on any atom is -0.508 e. The Morgan fingerprint density at radius 3 is 2.47 bits per heavy atom. The van der Waals surface area contributed by atoms with Crippen molar-refractivity contribution in [3.63, 3.8) is 0 Å². The maximum absolute atomic E-state index is 13.8. The average molecular weight is 484 g/mol. The Balaban J connectivity index is 1.59. The molecule has 0 unspecified atom stereocenters. The number of piperidine rings is 1. The number of rotatable bonds is 3. The van der Waals surface area contributed by atoms with Crippen LogP contribution in [-0.2, 0) is 4.79 Å². The van der Waals surface area contributed by atoms with Crippen LogP contribution in [0.1, 0.15) is 23.2 Å². The molecule has 2 aliphatic heterocycles. The van der Waals surface area contributed by atoms with E-state index in [4.69, 9.17) is 4.42 Å². The molecule has 3 N–H and O–H groups in total. The van der Waals surface area contributed by atoms with Crippen LogP contribution in [-0.4, -0.2) is 55.5 Å². The quantitative estimate of drug-likeness (QED) is 0.330. The van der Waals surface area contributed by atoms with Gasteiger partial charge in [-0.1, -0.05) is 0 Å². The summed E-state index contributed by atoms with van der Waals surface area (Å²) in [4.78, 5) is 39.0. The Bertz CT molecular complexity index is 1700. The van der Waals surface area contributed by atoms with Crippen molar-refractivity contribution in [2.24, 2.45) is 5.92 Å². The van der Waals surface area contributed by atoms with E-state index in [9.17, 15) is 24.6 Å². The van der Waals surface area contributed by atoms with E-state index in [1.807, 2.05) is 0 Å². The molecular weight excluding hydrogens is 464 g/mol. The highest BCUT2D eigenvalue weighted by Crippen LogP contribution is 2.43. The third kappa shape index (κ3) is 3.54. The van der Waals surface area contributed by atoms with Crippen LogP contribution < -0.4 is 5.43 Å². The van der Waals surface area contributed by atoms with Crippen molar-refractivity contribution in [1.29, 1.82) is 0 Å². The van der Waals surface area contributed by atoms with Gasteiger partial charge in [-0.3, -0.25) is 14.4 Å². The molecule has 0 spiro atoms. The van der Waals surface area contributed by atoms with E-state index in [-0.39, 0.29) is 17.1 Å². The smallest absolute Gasteiger partial charge is 0.306 e. The molecule has 10 nitrogen and oxygen atoms in total. The zero-order valence-electron chi connectivity index (χ0n) is 18.9. The topological polar surface area (TPSA) is 150 Å². The molecule has 0 radical (unpaired) electrons. The first kappa shape index (κ1) is 21.8. The van der Waals surface area contributed by atoms with Gasteiger partial charge in [0.05, 0.1) is 5.92 Å². The average Bonchev–Trinajstić information content (AvgIpc) is 3.33. The van der Waals surface area contributed by atoms with E-state index in [2.05, 4.69) is 15.4 Å². The minimum atomic E-state index is -0.848. The standard InChI is InChI=1S/C26H20N4O6/c31-14-1-3-16-22(9-14)36-23-10-15(32)2-4-17(23)24(16)18-11-20-21(28-29-27-20)12-19(18)25(33)30-7-5-13(6-8-30)26(34)35/h1-4,9-13,31H,5-8H2,(H,34,35)(H,27,28,29). The third-order valence-corrected chi connectivity index (χ3v) is 6.76. The van der Waals surface area contributed by atoms with Crippen LogP contribution in [0.3, 0.4) is 0 Å². The number of hydrogen-bond acceptors (Lipinski definition) is 7. The number of H-pyrrole nitrogens is 1. The zero-order valence-corrected chi connectivity index (χ0v) is 18.9. The van der Waals surface area contributed by atoms with Gasteiger partial charge >= 0.3 is 5.97 Å². The summed E-state index contributed by atoms with van der Waals surface area (Å²) in [7, 11) is 0. The summed E-state index contributed by atoms with van der Waals surface area (Å²) in [6.07, 6.45) is 0.758. The van der Waals surface area contributed by atoms with Crippen molar-refractivity contribution in [2.75, 3.05) is 13.1 Å². The lowest BCUT2D eigenvalue weighted by Crippen LogP contribution is -2.40. The number of carbonyl (C=O) groups is 2. The van der Waals surface area contributed by atoms with Crippen molar-refractivity contribution in [2.45, 2.75) is 12.8 Å². The molecule has 3 heterocycles. The second-order valence-electron chi connectivity index (χ2n) is 8.93. The molecule has 1 amide bonds. The number of benzene rings is 3. The zero-order chi connectivity index (χ0) is 25.0. The van der Waals surface area contributed by atoms with Gasteiger partial charge in [0, 0.05) is 47.3 Å². The summed E-state index contributed by atoms with van der Waals surface area (Å²) in [5.74, 6) is -1.25. The first-order valence-corrected chi connectivity index (χ1v) is 11.5. The van der Waals surface area contributed by atoms with Crippen molar-refractivity contribution in [3.8, 4) is 28.2 Å². The second-order valence-corrected chi connectivity index (χ2v) is 8.93. The molecule has 6 rings (SSSR count). The molecule has 2 aromatic carbocycles. The van der Waals surface area contributed by atoms with E-state index < -0.39 is 11.9 Å². The number of carboxylic acid groups (broad SMARTS) is 1. The predicted molar refractivity (Wildman–Crippen MR) is 130 cm³/mol. The number of aliphatic carboxylic acids is 1. The second kappa shape index (κ2) is 8.19. The van der Waals surface area contributed by atoms with E-state index in [0.717, 1.165) is 0 Å². The molecule has 1 aromatic heterocycles. The lowest BCUT2D eigenvalue weighted by molar-refractivity contribution is -0.143. The maximum atomic E-state index is 13.8. The molecule has 0 bridgehead atoms. The molecule has 1 fully saturated rings. The number of phenols is 1. The number of amides is 1. The first-order valence-electron chi connectivity index (χ1n) is 11.5. The van der Waals surface area contributed by atoms with Gasteiger partial charge in [-0.2, -0.15) is 15.4 Å². The Labute approximate surface area is 203 Å². The van der Waals surface area contributed by atoms with Crippen LogP contribution in [0.5, 0.6) is 5.75 Å². The monoisotopic (exact) mass is 484 g/mol. The van der Waals surface area contributed by atoms with Crippen LogP contribution >= 0.6 is 0 Å². The van der Waals surface area contributed by atoms with Crippen LogP contribution in [0.15, 0.2) is 57.7 Å².